The molecule has 0 radical (unpaired) electrons. The summed E-state index contributed by atoms with van der Waals surface area (Å²) in [7, 11) is 0. The van der Waals surface area contributed by atoms with Crippen LogP contribution in [0.3, 0.4) is 0 Å². The summed E-state index contributed by atoms with van der Waals surface area (Å²) in [6.07, 6.45) is 4.01. The Kier molecular flexibility index (Phi) is 6.92. The fourth-order valence-electron chi connectivity index (χ4n) is 4.45. The summed E-state index contributed by atoms with van der Waals surface area (Å²) < 4.78 is 55.6. The smallest absolute Gasteiger partial charge is 0.339 e. The molecular weight excluding hydrogens is 412 g/mol. The van der Waals surface area contributed by atoms with E-state index in [9.17, 15) is 27.5 Å². The van der Waals surface area contributed by atoms with Crippen LogP contribution in [0.4, 0.5) is 17.6 Å². The van der Waals surface area contributed by atoms with Crippen molar-refractivity contribution in [1.82, 2.24) is 0 Å². The lowest BCUT2D eigenvalue weighted by molar-refractivity contribution is 0.00893. The van der Waals surface area contributed by atoms with Crippen LogP contribution < -0.4 is 0 Å². The van der Waals surface area contributed by atoms with Gasteiger partial charge in [0.1, 0.15) is 11.3 Å². The largest absolute Gasteiger partial charge is 0.507 e. The van der Waals surface area contributed by atoms with Gasteiger partial charge in [-0.05, 0) is 74.1 Å². The molecule has 0 spiro atoms. The summed E-state index contributed by atoms with van der Waals surface area (Å²) in [5.41, 5.74) is 0.108. The summed E-state index contributed by atoms with van der Waals surface area (Å²) in [6, 6.07) is 6.56. The minimum absolute atomic E-state index is 0.0531. The van der Waals surface area contributed by atoms with Crippen molar-refractivity contribution >= 4 is 5.97 Å². The number of carboxylic acid groups (broad SMARTS) is 1. The van der Waals surface area contributed by atoms with E-state index in [2.05, 4.69) is 0 Å². The number of alkyl halides is 2. The van der Waals surface area contributed by atoms with E-state index in [0.717, 1.165) is 38.3 Å². The van der Waals surface area contributed by atoms with E-state index < -0.39 is 29.3 Å². The van der Waals surface area contributed by atoms with Gasteiger partial charge < -0.3 is 10.2 Å². The van der Waals surface area contributed by atoms with Gasteiger partial charge in [-0.1, -0.05) is 24.6 Å². The molecule has 0 amide bonds. The Hall–Kier alpha value is -2.57. The van der Waals surface area contributed by atoms with E-state index in [0.29, 0.717) is 30.7 Å². The van der Waals surface area contributed by atoms with Crippen molar-refractivity contribution in [3.8, 4) is 16.9 Å². The van der Waals surface area contributed by atoms with Crippen molar-refractivity contribution in [2.75, 3.05) is 0 Å². The molecule has 31 heavy (non-hydrogen) atoms. The van der Waals surface area contributed by atoms with E-state index in [1.54, 1.807) is 6.07 Å². The third-order valence-corrected chi connectivity index (χ3v) is 6.17. The highest BCUT2D eigenvalue weighted by Gasteiger charge is 2.28. The highest BCUT2D eigenvalue weighted by atomic mass is 19.3. The van der Waals surface area contributed by atoms with Gasteiger partial charge in [0.2, 0.25) is 5.92 Å². The number of carbonyl (C=O) groups is 1. The topological polar surface area (TPSA) is 57.5 Å². The van der Waals surface area contributed by atoms with Gasteiger partial charge in [-0.2, -0.15) is 0 Å². The van der Waals surface area contributed by atoms with E-state index in [1.807, 2.05) is 0 Å². The Bertz CT molecular complexity index is 945. The fourth-order valence-corrected chi connectivity index (χ4v) is 4.45. The third-order valence-electron chi connectivity index (χ3n) is 6.17. The van der Waals surface area contributed by atoms with Gasteiger partial charge in [-0.3, -0.25) is 0 Å². The SMILES string of the molecule is CC(F)(F)CCCC1CCC(c2ccc(-c3ccc(C(=O)O)c(O)c3)c(F)c2F)CC1. The number of aromatic carboxylic acids is 1. The first-order chi connectivity index (χ1) is 14.6. The maximum absolute atomic E-state index is 14.9. The molecule has 0 unspecified atom stereocenters. The number of aromatic hydroxyl groups is 1. The second-order valence-corrected chi connectivity index (χ2v) is 8.55. The van der Waals surface area contributed by atoms with Crippen LogP contribution in [0.2, 0.25) is 0 Å². The second kappa shape index (κ2) is 9.28. The number of carboxylic acids is 1. The van der Waals surface area contributed by atoms with E-state index in [1.165, 1.54) is 12.1 Å². The third kappa shape index (κ3) is 5.57. The van der Waals surface area contributed by atoms with Gasteiger partial charge >= 0.3 is 5.97 Å². The van der Waals surface area contributed by atoms with Gasteiger partial charge in [0.25, 0.3) is 0 Å². The van der Waals surface area contributed by atoms with Crippen molar-refractivity contribution in [3.05, 3.63) is 53.1 Å². The van der Waals surface area contributed by atoms with Crippen LogP contribution in [0.5, 0.6) is 5.75 Å². The lowest BCUT2D eigenvalue weighted by atomic mass is 9.76. The monoisotopic (exact) mass is 438 g/mol. The molecule has 7 heteroatoms. The van der Waals surface area contributed by atoms with E-state index in [-0.39, 0.29) is 29.0 Å². The molecule has 0 bridgehead atoms. The standard InChI is InChI=1S/C24H26F4O3/c1-24(27,28)12-2-3-14-4-6-15(7-5-14)17-10-11-18(22(26)21(17)25)16-8-9-19(23(30)31)20(29)13-16/h8-11,13-15,29H,2-7,12H2,1H3,(H,30,31). The van der Waals surface area contributed by atoms with Crippen molar-refractivity contribution < 1.29 is 32.6 Å². The zero-order valence-corrected chi connectivity index (χ0v) is 17.3. The molecule has 0 aliphatic heterocycles. The number of hydrogen-bond donors (Lipinski definition) is 2. The minimum Gasteiger partial charge on any atom is -0.507 e. The number of phenols is 1. The summed E-state index contributed by atoms with van der Waals surface area (Å²) >= 11 is 0. The normalized spacial score (nSPS) is 19.4. The Labute approximate surface area is 178 Å². The zero-order valence-electron chi connectivity index (χ0n) is 17.3. The predicted octanol–water partition coefficient (Wildman–Crippen LogP) is 7.13. The van der Waals surface area contributed by atoms with Crippen molar-refractivity contribution in [2.24, 2.45) is 5.92 Å². The maximum Gasteiger partial charge on any atom is 0.339 e. The predicted molar refractivity (Wildman–Crippen MR) is 110 cm³/mol. The average Bonchev–Trinajstić information content (AvgIpc) is 2.69. The first-order valence-corrected chi connectivity index (χ1v) is 10.5. The molecule has 2 aromatic rings. The summed E-state index contributed by atoms with van der Waals surface area (Å²) in [6.45, 7) is 0.923. The van der Waals surface area contributed by atoms with Gasteiger partial charge in [0.15, 0.2) is 11.6 Å². The molecule has 1 saturated carbocycles. The molecule has 168 valence electrons. The number of halogens is 4. The molecule has 0 heterocycles. The molecule has 0 atom stereocenters. The fraction of sp³-hybridized carbons (Fsp3) is 0.458. The summed E-state index contributed by atoms with van der Waals surface area (Å²) in [5.74, 6) is -6.25. The Morgan fingerprint density at radius 1 is 1.06 bits per heavy atom. The molecule has 2 aromatic carbocycles. The zero-order chi connectivity index (χ0) is 22.8. The van der Waals surface area contributed by atoms with Gasteiger partial charge in [0.05, 0.1) is 0 Å². The first kappa shape index (κ1) is 23.1. The van der Waals surface area contributed by atoms with Gasteiger partial charge in [-0.25, -0.2) is 22.4 Å². The van der Waals surface area contributed by atoms with Crippen molar-refractivity contribution in [1.29, 1.82) is 0 Å². The average molecular weight is 438 g/mol. The molecule has 2 N–H and O–H groups in total. The highest BCUT2D eigenvalue weighted by Crippen LogP contribution is 2.41. The molecule has 0 aromatic heterocycles. The lowest BCUT2D eigenvalue weighted by Crippen LogP contribution is -2.16. The number of rotatable bonds is 7. The first-order valence-electron chi connectivity index (χ1n) is 10.5. The molecule has 1 aliphatic carbocycles. The van der Waals surface area contributed by atoms with Crippen LogP contribution in [-0.2, 0) is 0 Å². The Morgan fingerprint density at radius 2 is 1.74 bits per heavy atom. The quantitative estimate of drug-likeness (QED) is 0.452. The Morgan fingerprint density at radius 3 is 2.32 bits per heavy atom. The summed E-state index contributed by atoms with van der Waals surface area (Å²) in [5, 5.41) is 18.8. The molecule has 3 nitrogen and oxygen atoms in total. The molecule has 1 aliphatic rings. The van der Waals surface area contributed by atoms with Crippen molar-refractivity contribution in [3.63, 3.8) is 0 Å². The molecule has 0 saturated heterocycles. The molecule has 1 fully saturated rings. The van der Waals surface area contributed by atoms with Crippen molar-refractivity contribution in [2.45, 2.75) is 63.7 Å². The molecule has 3 rings (SSSR count). The van der Waals surface area contributed by atoms with Crippen LogP contribution in [0, 0.1) is 17.6 Å². The van der Waals surface area contributed by atoms with Crippen LogP contribution >= 0.6 is 0 Å². The highest BCUT2D eigenvalue weighted by molar-refractivity contribution is 5.91. The van der Waals surface area contributed by atoms with Crippen LogP contribution in [0.15, 0.2) is 30.3 Å². The number of hydrogen-bond acceptors (Lipinski definition) is 2. The van der Waals surface area contributed by atoms with E-state index >= 15 is 0 Å². The minimum atomic E-state index is -2.65. The number of benzene rings is 2. The maximum atomic E-state index is 14.9. The summed E-state index contributed by atoms with van der Waals surface area (Å²) in [4.78, 5) is 11.0. The molecular formula is C24H26F4O3. The van der Waals surface area contributed by atoms with Gasteiger partial charge in [-0.15, -0.1) is 0 Å². The van der Waals surface area contributed by atoms with Crippen LogP contribution in [-0.4, -0.2) is 22.1 Å². The van der Waals surface area contributed by atoms with Crippen LogP contribution in [0.1, 0.15) is 73.7 Å². The Balaban J connectivity index is 1.69. The second-order valence-electron chi connectivity index (χ2n) is 8.55. The van der Waals surface area contributed by atoms with Crippen LogP contribution in [0.25, 0.3) is 11.1 Å². The van der Waals surface area contributed by atoms with Gasteiger partial charge in [0, 0.05) is 12.0 Å². The lowest BCUT2D eigenvalue weighted by Gasteiger charge is -2.29. The van der Waals surface area contributed by atoms with E-state index in [4.69, 9.17) is 5.11 Å².